The lowest BCUT2D eigenvalue weighted by atomic mass is 9.96. The van der Waals surface area contributed by atoms with Gasteiger partial charge in [0.2, 0.25) is 5.91 Å². The number of amides is 1. The Hall–Kier alpha value is -1.14. The largest absolute Gasteiger partial charge is 0.480 e. The lowest BCUT2D eigenvalue weighted by Crippen LogP contribution is -2.45. The Labute approximate surface area is 99.6 Å². The van der Waals surface area contributed by atoms with E-state index in [9.17, 15) is 14.7 Å². The predicted molar refractivity (Wildman–Crippen MR) is 59.3 cm³/mol. The van der Waals surface area contributed by atoms with Crippen molar-refractivity contribution in [1.29, 1.82) is 0 Å². The maximum Gasteiger partial charge on any atom is 0.326 e. The minimum atomic E-state index is -1.03. The van der Waals surface area contributed by atoms with Gasteiger partial charge in [0, 0.05) is 19.5 Å². The van der Waals surface area contributed by atoms with Crippen molar-refractivity contribution in [2.75, 3.05) is 19.6 Å². The number of carboxylic acid groups (broad SMARTS) is 1. The summed E-state index contributed by atoms with van der Waals surface area (Å²) in [7, 11) is 0. The summed E-state index contributed by atoms with van der Waals surface area (Å²) in [5.74, 6) is -1.13. The van der Waals surface area contributed by atoms with Gasteiger partial charge in [-0.15, -0.1) is 0 Å². The first-order valence-corrected chi connectivity index (χ1v) is 5.92. The number of carboxylic acids is 1. The molecular weight excluding hydrogens is 224 g/mol. The molecule has 6 heteroatoms. The zero-order valence-electron chi connectivity index (χ0n) is 9.80. The van der Waals surface area contributed by atoms with Crippen LogP contribution in [0.1, 0.15) is 13.3 Å². The summed E-state index contributed by atoms with van der Waals surface area (Å²) in [6.07, 6.45) is -0.583. The van der Waals surface area contributed by atoms with Crippen LogP contribution in [0.25, 0.3) is 0 Å². The van der Waals surface area contributed by atoms with Crippen LogP contribution in [-0.2, 0) is 9.59 Å². The third-order valence-corrected chi connectivity index (χ3v) is 3.68. The summed E-state index contributed by atoms with van der Waals surface area (Å²) >= 11 is 0. The highest BCUT2D eigenvalue weighted by Gasteiger charge is 2.43. The highest BCUT2D eigenvalue weighted by Crippen LogP contribution is 2.25. The van der Waals surface area contributed by atoms with Crippen LogP contribution in [0.5, 0.6) is 0 Å². The van der Waals surface area contributed by atoms with E-state index in [0.29, 0.717) is 6.54 Å². The van der Waals surface area contributed by atoms with Crippen LogP contribution >= 0.6 is 0 Å². The Morgan fingerprint density at radius 2 is 2.06 bits per heavy atom. The van der Waals surface area contributed by atoms with Crippen molar-refractivity contribution in [1.82, 2.24) is 10.2 Å². The molecule has 2 aliphatic rings. The fraction of sp³-hybridized carbons (Fsp3) is 0.818. The van der Waals surface area contributed by atoms with Crippen molar-refractivity contribution >= 4 is 11.9 Å². The zero-order valence-corrected chi connectivity index (χ0v) is 9.80. The third-order valence-electron chi connectivity index (χ3n) is 3.68. The molecule has 0 spiro atoms. The van der Waals surface area contributed by atoms with Gasteiger partial charge in [-0.25, -0.2) is 4.79 Å². The van der Waals surface area contributed by atoms with Gasteiger partial charge in [0.05, 0.1) is 12.0 Å². The molecule has 0 unspecified atom stereocenters. The van der Waals surface area contributed by atoms with Crippen LogP contribution in [0.4, 0.5) is 0 Å². The number of aliphatic hydroxyl groups excluding tert-OH is 1. The van der Waals surface area contributed by atoms with Crippen LogP contribution in [0.15, 0.2) is 0 Å². The van der Waals surface area contributed by atoms with Gasteiger partial charge in [-0.1, -0.05) is 6.92 Å². The summed E-state index contributed by atoms with van der Waals surface area (Å²) < 4.78 is 0. The van der Waals surface area contributed by atoms with Gasteiger partial charge < -0.3 is 20.4 Å². The minimum Gasteiger partial charge on any atom is -0.480 e. The minimum absolute atomic E-state index is 0.135. The Morgan fingerprint density at radius 1 is 1.35 bits per heavy atom. The van der Waals surface area contributed by atoms with E-state index in [1.807, 2.05) is 6.92 Å². The molecule has 2 saturated heterocycles. The van der Waals surface area contributed by atoms with E-state index in [1.54, 1.807) is 0 Å². The molecule has 2 heterocycles. The first-order valence-electron chi connectivity index (χ1n) is 5.92. The molecule has 0 bridgehead atoms. The second-order valence-corrected chi connectivity index (χ2v) is 4.98. The number of hydrogen-bond donors (Lipinski definition) is 3. The molecule has 0 saturated carbocycles. The molecule has 2 fully saturated rings. The Bertz CT molecular complexity index is 333. The Morgan fingerprint density at radius 3 is 2.59 bits per heavy atom. The molecule has 3 N–H and O–H groups in total. The van der Waals surface area contributed by atoms with E-state index in [0.717, 1.165) is 6.54 Å². The number of carbonyl (C=O) groups excluding carboxylic acids is 1. The van der Waals surface area contributed by atoms with Crippen molar-refractivity contribution in [2.24, 2.45) is 11.8 Å². The lowest BCUT2D eigenvalue weighted by Gasteiger charge is -2.25. The molecule has 6 nitrogen and oxygen atoms in total. The van der Waals surface area contributed by atoms with Crippen molar-refractivity contribution in [3.8, 4) is 0 Å². The summed E-state index contributed by atoms with van der Waals surface area (Å²) in [5, 5.41) is 21.7. The van der Waals surface area contributed by atoms with E-state index in [4.69, 9.17) is 5.11 Å². The molecule has 1 amide bonds. The topological polar surface area (TPSA) is 89.9 Å². The molecule has 0 aliphatic carbocycles. The summed E-state index contributed by atoms with van der Waals surface area (Å²) in [6, 6.07) is -0.870. The molecular formula is C11H18N2O4. The second kappa shape index (κ2) is 4.62. The molecule has 0 aromatic carbocycles. The van der Waals surface area contributed by atoms with Crippen molar-refractivity contribution in [3.05, 3.63) is 0 Å². The van der Waals surface area contributed by atoms with Gasteiger partial charge in [0.15, 0.2) is 0 Å². The van der Waals surface area contributed by atoms with E-state index in [-0.39, 0.29) is 30.7 Å². The van der Waals surface area contributed by atoms with Gasteiger partial charge in [-0.3, -0.25) is 4.79 Å². The number of aliphatic carboxylic acids is 1. The van der Waals surface area contributed by atoms with Gasteiger partial charge in [-0.2, -0.15) is 0 Å². The fourth-order valence-corrected chi connectivity index (χ4v) is 2.65. The highest BCUT2D eigenvalue weighted by atomic mass is 16.4. The number of rotatable bonds is 2. The van der Waals surface area contributed by atoms with Gasteiger partial charge in [-0.05, 0) is 12.5 Å². The van der Waals surface area contributed by atoms with E-state index >= 15 is 0 Å². The smallest absolute Gasteiger partial charge is 0.326 e. The number of hydrogen-bond acceptors (Lipinski definition) is 4. The molecule has 2 aliphatic heterocycles. The molecule has 4 atom stereocenters. The van der Waals surface area contributed by atoms with Gasteiger partial charge >= 0.3 is 5.97 Å². The molecule has 17 heavy (non-hydrogen) atoms. The second-order valence-electron chi connectivity index (χ2n) is 4.98. The first kappa shape index (κ1) is 12.3. The van der Waals surface area contributed by atoms with Gasteiger partial charge in [0.25, 0.3) is 0 Å². The maximum atomic E-state index is 12.2. The van der Waals surface area contributed by atoms with Crippen LogP contribution < -0.4 is 5.32 Å². The number of nitrogens with one attached hydrogen (secondary N) is 1. The average molecular weight is 242 g/mol. The van der Waals surface area contributed by atoms with Crippen LogP contribution in [0.2, 0.25) is 0 Å². The standard InChI is InChI=1S/C11H18N2O4/c1-6-3-12-4-8(6)10(15)13-5-7(14)2-9(13)11(16)17/h6-9,12,14H,2-5H2,1H3,(H,16,17)/t6-,7-,8-,9+/m1/s1. The monoisotopic (exact) mass is 242 g/mol. The molecule has 0 aromatic rings. The summed E-state index contributed by atoms with van der Waals surface area (Å²) in [5.41, 5.74) is 0. The van der Waals surface area contributed by atoms with Crippen molar-refractivity contribution in [3.63, 3.8) is 0 Å². The maximum absolute atomic E-state index is 12.2. The fourth-order valence-electron chi connectivity index (χ4n) is 2.65. The zero-order chi connectivity index (χ0) is 12.6. The number of aliphatic hydroxyl groups is 1. The quantitative estimate of drug-likeness (QED) is 0.571. The number of carbonyl (C=O) groups is 2. The van der Waals surface area contributed by atoms with Crippen molar-refractivity contribution < 1.29 is 19.8 Å². The van der Waals surface area contributed by atoms with E-state index in [2.05, 4.69) is 5.32 Å². The normalized spacial score (nSPS) is 37.4. The van der Waals surface area contributed by atoms with E-state index < -0.39 is 18.1 Å². The Balaban J connectivity index is 2.10. The Kier molecular flexibility index (Phi) is 3.35. The van der Waals surface area contributed by atoms with E-state index in [1.165, 1.54) is 4.90 Å². The average Bonchev–Trinajstić information content (AvgIpc) is 2.83. The predicted octanol–water partition coefficient (Wildman–Crippen LogP) is -1.11. The van der Waals surface area contributed by atoms with Gasteiger partial charge in [0.1, 0.15) is 6.04 Å². The number of likely N-dealkylation sites (tertiary alicyclic amines) is 1. The highest BCUT2D eigenvalue weighted by molar-refractivity contribution is 5.86. The van der Waals surface area contributed by atoms with Crippen LogP contribution in [-0.4, -0.2) is 58.8 Å². The SMILES string of the molecule is C[C@@H]1CNC[C@H]1C(=O)N1C[C@H](O)C[C@H]1C(=O)O. The lowest BCUT2D eigenvalue weighted by molar-refractivity contribution is -0.150. The molecule has 0 radical (unpaired) electrons. The van der Waals surface area contributed by atoms with Crippen LogP contribution in [0.3, 0.4) is 0 Å². The summed E-state index contributed by atoms with van der Waals surface area (Å²) in [4.78, 5) is 24.6. The molecule has 2 rings (SSSR count). The number of β-amino-alcohol motifs (C(OH)–C–C–N with tert-alkyl or cyclic N) is 1. The third kappa shape index (κ3) is 2.28. The van der Waals surface area contributed by atoms with Crippen LogP contribution in [0, 0.1) is 11.8 Å². The molecule has 0 aromatic heterocycles. The molecule has 96 valence electrons. The van der Waals surface area contributed by atoms with Crippen molar-refractivity contribution in [2.45, 2.75) is 25.5 Å². The number of nitrogens with zero attached hydrogens (tertiary/aromatic N) is 1. The summed E-state index contributed by atoms with van der Waals surface area (Å²) in [6.45, 7) is 3.49. The first-order chi connectivity index (χ1) is 8.00.